The third-order valence-corrected chi connectivity index (χ3v) is 4.60. The number of esters is 2. The molecule has 126 valence electrons. The minimum absolute atomic E-state index is 0.134. The van der Waals surface area contributed by atoms with Gasteiger partial charge in [0.05, 0.1) is 26.6 Å². The van der Waals surface area contributed by atoms with Crippen molar-refractivity contribution >= 4 is 27.9 Å². The van der Waals surface area contributed by atoms with Gasteiger partial charge in [-0.05, 0) is 35.2 Å². The van der Waals surface area contributed by atoms with Crippen LogP contribution in [0.1, 0.15) is 24.0 Å². The highest BCUT2D eigenvalue weighted by atomic mass is 79.9. The molecule has 0 bridgehead atoms. The molecule has 0 aliphatic rings. The molecule has 2 aromatic rings. The first-order valence-corrected chi connectivity index (χ1v) is 8.29. The number of carbonyl (C=O) groups is 2. The number of benzene rings is 2. The van der Waals surface area contributed by atoms with Gasteiger partial charge in [0.2, 0.25) is 0 Å². The Morgan fingerprint density at radius 1 is 1.04 bits per heavy atom. The van der Waals surface area contributed by atoms with Crippen LogP contribution in [-0.2, 0) is 25.5 Å². The van der Waals surface area contributed by atoms with Crippen molar-refractivity contribution in [3.63, 3.8) is 0 Å². The van der Waals surface area contributed by atoms with Crippen molar-refractivity contribution in [2.45, 2.75) is 19.3 Å². The van der Waals surface area contributed by atoms with Gasteiger partial charge in [-0.3, -0.25) is 9.59 Å². The SMILES string of the molecule is COC(=O)Cc1cc(C(C)C(=O)OC)ccc1-c1ccccc1Br. The molecular formula is C19H19BrO4. The van der Waals surface area contributed by atoms with Gasteiger partial charge in [-0.2, -0.15) is 0 Å². The summed E-state index contributed by atoms with van der Waals surface area (Å²) in [6.45, 7) is 1.78. The summed E-state index contributed by atoms with van der Waals surface area (Å²) in [7, 11) is 2.73. The van der Waals surface area contributed by atoms with Crippen LogP contribution in [0.2, 0.25) is 0 Å². The maximum absolute atomic E-state index is 11.8. The molecule has 0 aliphatic heterocycles. The van der Waals surface area contributed by atoms with Gasteiger partial charge < -0.3 is 9.47 Å². The van der Waals surface area contributed by atoms with E-state index in [2.05, 4.69) is 15.9 Å². The predicted octanol–water partition coefficient (Wildman–Crippen LogP) is 4.11. The monoisotopic (exact) mass is 390 g/mol. The maximum atomic E-state index is 11.8. The number of hydrogen-bond acceptors (Lipinski definition) is 4. The Bertz CT molecular complexity index is 755. The molecule has 0 aliphatic carbocycles. The molecule has 4 nitrogen and oxygen atoms in total. The van der Waals surface area contributed by atoms with E-state index in [4.69, 9.17) is 9.47 Å². The summed E-state index contributed by atoms with van der Waals surface area (Å²) in [6, 6.07) is 13.5. The summed E-state index contributed by atoms with van der Waals surface area (Å²) >= 11 is 3.54. The Morgan fingerprint density at radius 2 is 1.75 bits per heavy atom. The van der Waals surface area contributed by atoms with Crippen molar-refractivity contribution in [2.75, 3.05) is 14.2 Å². The Kier molecular flexibility index (Phi) is 6.15. The van der Waals surface area contributed by atoms with E-state index in [0.717, 1.165) is 26.7 Å². The molecule has 5 heteroatoms. The molecule has 0 heterocycles. The molecule has 0 saturated heterocycles. The van der Waals surface area contributed by atoms with Crippen LogP contribution in [0.4, 0.5) is 0 Å². The topological polar surface area (TPSA) is 52.6 Å². The second kappa shape index (κ2) is 8.11. The number of carbonyl (C=O) groups excluding carboxylic acids is 2. The molecule has 1 unspecified atom stereocenters. The summed E-state index contributed by atoms with van der Waals surface area (Å²) in [5.41, 5.74) is 3.51. The second-order valence-corrected chi connectivity index (χ2v) is 6.25. The minimum Gasteiger partial charge on any atom is -0.469 e. The summed E-state index contributed by atoms with van der Waals surface area (Å²) in [5.74, 6) is -1.04. The van der Waals surface area contributed by atoms with Gasteiger partial charge in [-0.25, -0.2) is 0 Å². The van der Waals surface area contributed by atoms with E-state index in [1.165, 1.54) is 14.2 Å². The standard InChI is InChI=1S/C19H19BrO4/c1-12(19(22)24-3)13-8-9-15(14(10-13)11-18(21)23-2)16-6-4-5-7-17(16)20/h4-10,12H,11H2,1-3H3. The Hall–Kier alpha value is -2.14. The van der Waals surface area contributed by atoms with E-state index in [1.807, 2.05) is 42.5 Å². The van der Waals surface area contributed by atoms with Gasteiger partial charge in [-0.15, -0.1) is 0 Å². The number of rotatable bonds is 5. The Balaban J connectivity index is 2.53. The van der Waals surface area contributed by atoms with Crippen molar-refractivity contribution in [3.8, 4) is 11.1 Å². The van der Waals surface area contributed by atoms with Crippen LogP contribution >= 0.6 is 15.9 Å². The van der Waals surface area contributed by atoms with Crippen molar-refractivity contribution in [3.05, 3.63) is 58.1 Å². The van der Waals surface area contributed by atoms with Crippen LogP contribution in [0.25, 0.3) is 11.1 Å². The van der Waals surface area contributed by atoms with E-state index in [0.29, 0.717) is 0 Å². The second-order valence-electron chi connectivity index (χ2n) is 5.39. The van der Waals surface area contributed by atoms with Crippen LogP contribution < -0.4 is 0 Å². The smallest absolute Gasteiger partial charge is 0.312 e. The van der Waals surface area contributed by atoms with Gasteiger partial charge in [0, 0.05) is 4.47 Å². The Morgan fingerprint density at radius 3 is 2.38 bits per heavy atom. The zero-order chi connectivity index (χ0) is 17.7. The van der Waals surface area contributed by atoms with E-state index < -0.39 is 5.92 Å². The van der Waals surface area contributed by atoms with Crippen molar-refractivity contribution in [1.82, 2.24) is 0 Å². The summed E-state index contributed by atoms with van der Waals surface area (Å²) in [6.07, 6.45) is 0.134. The highest BCUT2D eigenvalue weighted by Gasteiger charge is 2.19. The van der Waals surface area contributed by atoms with Crippen molar-refractivity contribution < 1.29 is 19.1 Å². The molecule has 0 fully saturated rings. The molecule has 0 saturated carbocycles. The molecular weight excluding hydrogens is 372 g/mol. The fourth-order valence-corrected chi connectivity index (χ4v) is 3.01. The van der Waals surface area contributed by atoms with E-state index in [-0.39, 0.29) is 18.4 Å². The van der Waals surface area contributed by atoms with Crippen LogP contribution in [0, 0.1) is 0 Å². The third-order valence-electron chi connectivity index (χ3n) is 3.91. The molecule has 2 aromatic carbocycles. The molecule has 1 atom stereocenters. The molecule has 24 heavy (non-hydrogen) atoms. The zero-order valence-corrected chi connectivity index (χ0v) is 15.4. The van der Waals surface area contributed by atoms with Crippen molar-refractivity contribution in [2.24, 2.45) is 0 Å². The summed E-state index contributed by atoms with van der Waals surface area (Å²) in [5, 5.41) is 0. The van der Waals surface area contributed by atoms with E-state index in [1.54, 1.807) is 6.92 Å². The lowest BCUT2D eigenvalue weighted by atomic mass is 9.91. The van der Waals surface area contributed by atoms with Crippen molar-refractivity contribution in [1.29, 1.82) is 0 Å². The maximum Gasteiger partial charge on any atom is 0.312 e. The average molecular weight is 391 g/mol. The molecule has 0 amide bonds. The number of methoxy groups -OCH3 is 2. The quantitative estimate of drug-likeness (QED) is 0.720. The van der Waals surface area contributed by atoms with Gasteiger partial charge in [0.25, 0.3) is 0 Å². The van der Waals surface area contributed by atoms with Crippen LogP contribution in [0.15, 0.2) is 46.9 Å². The number of hydrogen-bond donors (Lipinski definition) is 0. The lowest BCUT2D eigenvalue weighted by Crippen LogP contribution is -2.12. The highest BCUT2D eigenvalue weighted by molar-refractivity contribution is 9.10. The first-order valence-electron chi connectivity index (χ1n) is 7.50. The normalized spacial score (nSPS) is 11.7. The predicted molar refractivity (Wildman–Crippen MR) is 95.7 cm³/mol. The van der Waals surface area contributed by atoms with Gasteiger partial charge in [-0.1, -0.05) is 52.3 Å². The number of halogens is 1. The number of ether oxygens (including phenoxy) is 2. The van der Waals surface area contributed by atoms with E-state index in [9.17, 15) is 9.59 Å². The first-order chi connectivity index (χ1) is 11.5. The first kappa shape index (κ1) is 18.2. The fraction of sp³-hybridized carbons (Fsp3) is 0.263. The van der Waals surface area contributed by atoms with Crippen LogP contribution in [-0.4, -0.2) is 26.2 Å². The van der Waals surface area contributed by atoms with Crippen LogP contribution in [0.3, 0.4) is 0 Å². The highest BCUT2D eigenvalue weighted by Crippen LogP contribution is 2.33. The summed E-state index contributed by atoms with van der Waals surface area (Å²) < 4.78 is 10.5. The van der Waals surface area contributed by atoms with E-state index >= 15 is 0 Å². The van der Waals surface area contributed by atoms with Gasteiger partial charge >= 0.3 is 11.9 Å². The summed E-state index contributed by atoms with van der Waals surface area (Å²) in [4.78, 5) is 23.6. The van der Waals surface area contributed by atoms with Gasteiger partial charge in [0.15, 0.2) is 0 Å². The molecule has 0 N–H and O–H groups in total. The average Bonchev–Trinajstić information content (AvgIpc) is 2.61. The largest absolute Gasteiger partial charge is 0.469 e. The lowest BCUT2D eigenvalue weighted by Gasteiger charge is -2.15. The fourth-order valence-electron chi connectivity index (χ4n) is 2.51. The molecule has 0 radical (unpaired) electrons. The molecule has 0 aromatic heterocycles. The third kappa shape index (κ3) is 4.03. The molecule has 2 rings (SSSR count). The lowest BCUT2D eigenvalue weighted by molar-refractivity contribution is -0.142. The zero-order valence-electron chi connectivity index (χ0n) is 13.8. The Labute approximate surface area is 149 Å². The van der Waals surface area contributed by atoms with Gasteiger partial charge in [0.1, 0.15) is 0 Å². The minimum atomic E-state index is -0.403. The van der Waals surface area contributed by atoms with Crippen LogP contribution in [0.5, 0.6) is 0 Å². The molecule has 0 spiro atoms.